The van der Waals surface area contributed by atoms with Crippen molar-refractivity contribution in [1.82, 2.24) is 15.1 Å². The first-order valence-corrected chi connectivity index (χ1v) is 7.32. The van der Waals surface area contributed by atoms with E-state index in [-0.39, 0.29) is 5.91 Å². The van der Waals surface area contributed by atoms with E-state index in [1.54, 1.807) is 11.0 Å². The highest BCUT2D eigenvalue weighted by Crippen LogP contribution is 2.20. The summed E-state index contributed by atoms with van der Waals surface area (Å²) in [7, 11) is 0. The Hall–Kier alpha value is -1.75. The van der Waals surface area contributed by atoms with Crippen molar-refractivity contribution in [1.29, 1.82) is 0 Å². The van der Waals surface area contributed by atoms with Crippen molar-refractivity contribution in [2.24, 2.45) is 5.92 Å². The van der Waals surface area contributed by atoms with E-state index in [0.29, 0.717) is 11.6 Å². The van der Waals surface area contributed by atoms with Crippen molar-refractivity contribution in [3.63, 3.8) is 0 Å². The average Bonchev–Trinajstić information content (AvgIpc) is 2.44. The van der Waals surface area contributed by atoms with Crippen molar-refractivity contribution in [3.05, 3.63) is 46.6 Å². The van der Waals surface area contributed by atoms with Gasteiger partial charge in [-0.05, 0) is 30.2 Å². The van der Waals surface area contributed by atoms with Crippen LogP contribution in [-0.4, -0.2) is 34.1 Å². The van der Waals surface area contributed by atoms with Crippen LogP contribution in [0.5, 0.6) is 0 Å². The Balaban J connectivity index is 1.77. The van der Waals surface area contributed by atoms with E-state index in [9.17, 15) is 4.79 Å². The molecule has 0 aliphatic carbocycles. The van der Waals surface area contributed by atoms with E-state index >= 15 is 0 Å². The van der Waals surface area contributed by atoms with Crippen molar-refractivity contribution in [3.8, 4) is 11.3 Å². The molecule has 1 aliphatic rings. The molecule has 1 aromatic carbocycles. The quantitative estimate of drug-likeness (QED) is 0.849. The number of halogens is 1. The summed E-state index contributed by atoms with van der Waals surface area (Å²) >= 11 is 3.40. The molecular formula is C15H14BrN3O. The third-order valence-corrected chi connectivity index (χ3v) is 3.90. The number of carbonyl (C=O) groups is 1. The van der Waals surface area contributed by atoms with E-state index < -0.39 is 0 Å². The first kappa shape index (κ1) is 13.2. The molecule has 3 rings (SSSR count). The molecule has 0 atom stereocenters. The van der Waals surface area contributed by atoms with E-state index in [4.69, 9.17) is 0 Å². The van der Waals surface area contributed by atoms with Gasteiger partial charge in [0.2, 0.25) is 0 Å². The van der Waals surface area contributed by atoms with Crippen molar-refractivity contribution in [2.75, 3.05) is 13.1 Å². The van der Waals surface area contributed by atoms with Gasteiger partial charge >= 0.3 is 0 Å². The van der Waals surface area contributed by atoms with Gasteiger partial charge in [0.1, 0.15) is 0 Å². The summed E-state index contributed by atoms with van der Waals surface area (Å²) in [6.07, 6.45) is 0. The SMILES string of the molecule is CC1CN(C(=O)c2ccc(-c3ccc(Br)cc3)nn2)C1. The molecule has 2 heterocycles. The molecule has 4 nitrogen and oxygen atoms in total. The number of hydrogen-bond acceptors (Lipinski definition) is 3. The van der Waals surface area contributed by atoms with Crippen LogP contribution in [-0.2, 0) is 0 Å². The third kappa shape index (κ3) is 2.58. The Morgan fingerprint density at radius 3 is 2.40 bits per heavy atom. The van der Waals surface area contributed by atoms with Gasteiger partial charge in [-0.2, -0.15) is 0 Å². The summed E-state index contributed by atoms with van der Waals surface area (Å²) in [5.74, 6) is 0.562. The van der Waals surface area contributed by atoms with Crippen LogP contribution >= 0.6 is 15.9 Å². The second-order valence-corrected chi connectivity index (χ2v) is 6.04. The van der Waals surface area contributed by atoms with Crippen molar-refractivity contribution >= 4 is 21.8 Å². The second kappa shape index (κ2) is 5.32. The number of benzene rings is 1. The number of likely N-dealkylation sites (tertiary alicyclic amines) is 1. The molecule has 1 fully saturated rings. The summed E-state index contributed by atoms with van der Waals surface area (Å²) in [6, 6.07) is 11.4. The lowest BCUT2D eigenvalue weighted by Crippen LogP contribution is -2.48. The Morgan fingerprint density at radius 1 is 1.15 bits per heavy atom. The highest BCUT2D eigenvalue weighted by Gasteiger charge is 2.28. The van der Waals surface area contributed by atoms with Gasteiger partial charge in [0, 0.05) is 23.1 Å². The molecule has 1 amide bonds. The second-order valence-electron chi connectivity index (χ2n) is 5.13. The lowest BCUT2D eigenvalue weighted by molar-refractivity contribution is 0.0523. The molecule has 0 radical (unpaired) electrons. The first-order valence-electron chi connectivity index (χ1n) is 6.52. The molecule has 0 N–H and O–H groups in total. The summed E-state index contributed by atoms with van der Waals surface area (Å²) < 4.78 is 1.02. The molecule has 0 unspecified atom stereocenters. The molecule has 2 aromatic rings. The highest BCUT2D eigenvalue weighted by molar-refractivity contribution is 9.10. The highest BCUT2D eigenvalue weighted by atomic mass is 79.9. The molecule has 1 aliphatic heterocycles. The van der Waals surface area contributed by atoms with E-state index in [1.807, 2.05) is 30.3 Å². The largest absolute Gasteiger partial charge is 0.337 e. The fourth-order valence-corrected chi connectivity index (χ4v) is 2.51. The molecule has 102 valence electrons. The van der Waals surface area contributed by atoms with Gasteiger partial charge < -0.3 is 4.90 Å². The van der Waals surface area contributed by atoms with E-state index in [2.05, 4.69) is 33.1 Å². The Bertz CT molecular complexity index is 619. The van der Waals surface area contributed by atoms with Gasteiger partial charge in [-0.1, -0.05) is 35.0 Å². The predicted molar refractivity (Wildman–Crippen MR) is 80.2 cm³/mol. The topological polar surface area (TPSA) is 46.1 Å². The number of amides is 1. The maximum Gasteiger partial charge on any atom is 0.274 e. The molecule has 0 saturated carbocycles. The standard InChI is InChI=1S/C15H14BrN3O/c1-10-8-19(9-10)15(20)14-7-6-13(17-18-14)11-2-4-12(16)5-3-11/h2-7,10H,8-9H2,1H3. The maximum atomic E-state index is 12.1. The zero-order chi connectivity index (χ0) is 14.1. The summed E-state index contributed by atoms with van der Waals surface area (Å²) in [4.78, 5) is 13.9. The van der Waals surface area contributed by atoms with Gasteiger partial charge in [-0.3, -0.25) is 4.79 Å². The van der Waals surface area contributed by atoms with Crippen LogP contribution < -0.4 is 0 Å². The van der Waals surface area contributed by atoms with Gasteiger partial charge in [-0.25, -0.2) is 0 Å². The molecular weight excluding hydrogens is 318 g/mol. The van der Waals surface area contributed by atoms with E-state index in [0.717, 1.165) is 28.8 Å². The minimum Gasteiger partial charge on any atom is -0.337 e. The van der Waals surface area contributed by atoms with Crippen LogP contribution in [0.25, 0.3) is 11.3 Å². The van der Waals surface area contributed by atoms with Crippen LogP contribution in [0.15, 0.2) is 40.9 Å². The fraction of sp³-hybridized carbons (Fsp3) is 0.267. The summed E-state index contributed by atoms with van der Waals surface area (Å²) in [6.45, 7) is 3.76. The van der Waals surface area contributed by atoms with Gasteiger partial charge in [-0.15, -0.1) is 10.2 Å². The van der Waals surface area contributed by atoms with Crippen LogP contribution in [0.1, 0.15) is 17.4 Å². The number of hydrogen-bond donors (Lipinski definition) is 0. The lowest BCUT2D eigenvalue weighted by Gasteiger charge is -2.36. The number of carbonyl (C=O) groups excluding carboxylic acids is 1. The average molecular weight is 332 g/mol. The third-order valence-electron chi connectivity index (χ3n) is 3.37. The Morgan fingerprint density at radius 2 is 1.85 bits per heavy atom. The van der Waals surface area contributed by atoms with E-state index in [1.165, 1.54) is 0 Å². The zero-order valence-electron chi connectivity index (χ0n) is 11.1. The molecule has 0 spiro atoms. The number of aromatic nitrogens is 2. The Kier molecular flexibility index (Phi) is 3.53. The smallest absolute Gasteiger partial charge is 0.274 e. The molecule has 1 saturated heterocycles. The molecule has 1 aromatic heterocycles. The molecule has 5 heteroatoms. The van der Waals surface area contributed by atoms with Crippen LogP contribution in [0.3, 0.4) is 0 Å². The fourth-order valence-electron chi connectivity index (χ4n) is 2.25. The normalized spacial score (nSPS) is 15.0. The lowest BCUT2D eigenvalue weighted by atomic mass is 10.0. The predicted octanol–water partition coefficient (Wildman–Crippen LogP) is 3.00. The first-order chi connectivity index (χ1) is 9.63. The maximum absolute atomic E-state index is 12.1. The zero-order valence-corrected chi connectivity index (χ0v) is 12.7. The Labute approximate surface area is 126 Å². The molecule has 0 bridgehead atoms. The monoisotopic (exact) mass is 331 g/mol. The van der Waals surface area contributed by atoms with Gasteiger partial charge in [0.15, 0.2) is 5.69 Å². The summed E-state index contributed by atoms with van der Waals surface area (Å²) in [5, 5.41) is 8.20. The van der Waals surface area contributed by atoms with Crippen LogP contribution in [0.4, 0.5) is 0 Å². The van der Waals surface area contributed by atoms with Crippen LogP contribution in [0.2, 0.25) is 0 Å². The van der Waals surface area contributed by atoms with Crippen LogP contribution in [0, 0.1) is 5.92 Å². The summed E-state index contributed by atoms with van der Waals surface area (Å²) in [5.41, 5.74) is 2.17. The number of nitrogens with zero attached hydrogens (tertiary/aromatic N) is 3. The minimum absolute atomic E-state index is 0.0297. The van der Waals surface area contributed by atoms with Crippen molar-refractivity contribution < 1.29 is 4.79 Å². The van der Waals surface area contributed by atoms with Gasteiger partial charge in [0.25, 0.3) is 5.91 Å². The number of rotatable bonds is 2. The molecule has 20 heavy (non-hydrogen) atoms. The van der Waals surface area contributed by atoms with Crippen molar-refractivity contribution in [2.45, 2.75) is 6.92 Å². The van der Waals surface area contributed by atoms with Gasteiger partial charge in [0.05, 0.1) is 5.69 Å². The minimum atomic E-state index is -0.0297.